The van der Waals surface area contributed by atoms with Gasteiger partial charge in [0, 0.05) is 50.4 Å². The molecular weight excluding hydrogens is 516 g/mol. The number of amides is 2. The fourth-order valence-corrected chi connectivity index (χ4v) is 5.30. The highest BCUT2D eigenvalue weighted by molar-refractivity contribution is 6.04. The highest BCUT2D eigenvalue weighted by Gasteiger charge is 2.33. The van der Waals surface area contributed by atoms with Crippen LogP contribution in [-0.4, -0.2) is 61.9 Å². The number of allylic oxidation sites excluding steroid dienone is 2. The van der Waals surface area contributed by atoms with Crippen molar-refractivity contribution in [2.24, 2.45) is 23.5 Å². The zero-order valence-corrected chi connectivity index (χ0v) is 24.6. The Kier molecular flexibility index (Phi) is 12.2. The highest BCUT2D eigenvalue weighted by Crippen LogP contribution is 2.42. The van der Waals surface area contributed by atoms with Gasteiger partial charge in [0.15, 0.2) is 0 Å². The second-order valence-electron chi connectivity index (χ2n) is 10.5. The molecule has 0 saturated heterocycles. The lowest BCUT2D eigenvalue weighted by Crippen LogP contribution is -2.37. The number of carbonyl (C=O) groups excluding carboxylic acids is 2. The van der Waals surface area contributed by atoms with E-state index in [9.17, 15) is 19.8 Å². The van der Waals surface area contributed by atoms with Crippen LogP contribution in [0, 0.1) is 17.8 Å². The first-order valence-corrected chi connectivity index (χ1v) is 13.3. The number of benzene rings is 1. The minimum absolute atomic E-state index is 0.0543. The SMILES string of the molecule is CO[C@@H]1[C@H](C)/C=C(/C)[C@H](OC(N)=O)[C@H](C)/C=C\C=C(/C)C(=O)Nc2cc(O)cc(c2O)[C@H](OC)[C@H](C)C[C@H]1OC. The smallest absolute Gasteiger partial charge is 0.405 e. The molecule has 222 valence electrons. The van der Waals surface area contributed by atoms with Gasteiger partial charge in [-0.05, 0) is 37.8 Å². The summed E-state index contributed by atoms with van der Waals surface area (Å²) in [5, 5.41) is 24.2. The van der Waals surface area contributed by atoms with Gasteiger partial charge < -0.3 is 40.2 Å². The van der Waals surface area contributed by atoms with Crippen LogP contribution in [0.3, 0.4) is 0 Å². The van der Waals surface area contributed by atoms with Gasteiger partial charge in [0.25, 0.3) is 5.91 Å². The van der Waals surface area contributed by atoms with Crippen molar-refractivity contribution < 1.29 is 38.7 Å². The quantitative estimate of drug-likeness (QED) is 0.229. The molecule has 0 aliphatic carbocycles. The van der Waals surface area contributed by atoms with Gasteiger partial charge in [-0.2, -0.15) is 0 Å². The Bertz CT molecular complexity index is 1130. The number of hydrogen-bond acceptors (Lipinski definition) is 8. The molecule has 0 fully saturated rings. The van der Waals surface area contributed by atoms with Crippen molar-refractivity contribution >= 4 is 17.7 Å². The first kappa shape index (κ1) is 32.9. The average molecular weight is 561 g/mol. The molecule has 1 aliphatic heterocycles. The van der Waals surface area contributed by atoms with Crippen molar-refractivity contribution in [2.45, 2.75) is 65.5 Å². The van der Waals surface area contributed by atoms with E-state index in [1.54, 1.807) is 39.4 Å². The highest BCUT2D eigenvalue weighted by atomic mass is 16.6. The average Bonchev–Trinajstić information content (AvgIpc) is 2.88. The lowest BCUT2D eigenvalue weighted by atomic mass is 9.86. The number of rotatable bonds is 4. The summed E-state index contributed by atoms with van der Waals surface area (Å²) in [6.07, 6.45) is 4.64. The van der Waals surface area contributed by atoms with Crippen molar-refractivity contribution in [1.82, 2.24) is 0 Å². The van der Waals surface area contributed by atoms with Crippen molar-refractivity contribution in [3.05, 3.63) is 53.1 Å². The maximum absolute atomic E-state index is 12.9. The second kappa shape index (κ2) is 14.9. The van der Waals surface area contributed by atoms with Crippen LogP contribution >= 0.6 is 0 Å². The fraction of sp³-hybridized carbons (Fsp3) is 0.533. The molecule has 10 heteroatoms. The monoisotopic (exact) mass is 560 g/mol. The number of fused-ring (bicyclic) bond motifs is 2. The Labute approximate surface area is 236 Å². The van der Waals surface area contributed by atoms with Gasteiger partial charge in [0.2, 0.25) is 0 Å². The number of phenols is 2. The zero-order chi connectivity index (χ0) is 30.1. The molecule has 0 saturated carbocycles. The van der Waals surface area contributed by atoms with E-state index in [4.69, 9.17) is 24.7 Å². The lowest BCUT2D eigenvalue weighted by molar-refractivity contribution is -0.112. The van der Waals surface area contributed by atoms with Gasteiger partial charge >= 0.3 is 6.09 Å². The maximum Gasteiger partial charge on any atom is 0.405 e. The minimum atomic E-state index is -0.891. The standard InChI is InChI=1S/C30H44N2O8/c1-16-10-9-11-17(2)29(35)32-23-15-21(33)14-22(25(23)34)27(38-7)20(5)13-24(37-6)28(39-8)19(4)12-18(3)26(16)40-30(31)36/h9-12,14-16,19-20,24,26-28,33-34H,13H2,1-8H3,(H2,31,36)(H,32,35)/b10-9-,17-11+,18-12-/t16-,19-,20-,24-,26-,27-,28-/m1/s1. The van der Waals surface area contributed by atoms with E-state index in [-0.39, 0.29) is 47.1 Å². The number of anilines is 1. The first-order chi connectivity index (χ1) is 18.8. The molecule has 1 aromatic rings. The number of ether oxygens (including phenoxy) is 4. The molecule has 2 amide bonds. The summed E-state index contributed by atoms with van der Waals surface area (Å²) < 4.78 is 23.0. The van der Waals surface area contributed by atoms with Gasteiger partial charge in [0.05, 0.1) is 24.0 Å². The second-order valence-corrected chi connectivity index (χ2v) is 10.5. The van der Waals surface area contributed by atoms with Crippen molar-refractivity contribution in [1.29, 1.82) is 0 Å². The first-order valence-electron chi connectivity index (χ1n) is 13.3. The summed E-state index contributed by atoms with van der Waals surface area (Å²) in [5.74, 6) is -1.43. The summed E-state index contributed by atoms with van der Waals surface area (Å²) in [6.45, 7) is 9.30. The Balaban J connectivity index is 2.67. The van der Waals surface area contributed by atoms with Crippen LogP contribution in [0.1, 0.15) is 52.7 Å². The molecule has 2 rings (SSSR count). The van der Waals surface area contributed by atoms with Crippen LogP contribution in [0.5, 0.6) is 11.5 Å². The van der Waals surface area contributed by atoms with Gasteiger partial charge in [-0.25, -0.2) is 4.79 Å². The number of methoxy groups -OCH3 is 3. The van der Waals surface area contributed by atoms with E-state index in [1.807, 2.05) is 33.8 Å². The topological polar surface area (TPSA) is 150 Å². The molecule has 1 aliphatic rings. The Morgan fingerprint density at radius 3 is 2.25 bits per heavy atom. The van der Waals surface area contributed by atoms with Crippen LogP contribution in [0.4, 0.5) is 10.5 Å². The van der Waals surface area contributed by atoms with Gasteiger partial charge in [0.1, 0.15) is 17.6 Å². The molecule has 1 heterocycles. The molecule has 2 bridgehead atoms. The summed E-state index contributed by atoms with van der Waals surface area (Å²) in [4.78, 5) is 24.6. The molecule has 0 radical (unpaired) electrons. The van der Waals surface area contributed by atoms with Gasteiger partial charge in [-0.15, -0.1) is 0 Å². The molecule has 0 spiro atoms. The molecule has 7 atom stereocenters. The number of nitrogens with two attached hydrogens (primary N) is 1. The number of primary amides is 1. The largest absolute Gasteiger partial charge is 0.508 e. The Hall–Kier alpha value is -3.34. The van der Waals surface area contributed by atoms with Crippen LogP contribution in [0.15, 0.2) is 47.6 Å². The number of hydrogen-bond donors (Lipinski definition) is 4. The van der Waals surface area contributed by atoms with Crippen LogP contribution < -0.4 is 11.1 Å². The third-order valence-corrected chi connectivity index (χ3v) is 7.33. The molecule has 40 heavy (non-hydrogen) atoms. The van der Waals surface area contributed by atoms with Crippen LogP contribution in [0.2, 0.25) is 0 Å². The number of aromatic hydroxyl groups is 2. The number of carbonyl (C=O) groups is 2. The van der Waals surface area contributed by atoms with Crippen LogP contribution in [0.25, 0.3) is 0 Å². The third kappa shape index (κ3) is 8.33. The van der Waals surface area contributed by atoms with Gasteiger partial charge in [-0.3, -0.25) is 4.79 Å². The van der Waals surface area contributed by atoms with Crippen molar-refractivity contribution in [3.8, 4) is 11.5 Å². The summed E-state index contributed by atoms with van der Waals surface area (Å²) in [6, 6.07) is 2.71. The zero-order valence-electron chi connectivity index (χ0n) is 24.6. The molecule has 0 unspecified atom stereocenters. The number of nitrogens with one attached hydrogen (secondary N) is 1. The molecular formula is C30H44N2O8. The van der Waals surface area contributed by atoms with E-state index >= 15 is 0 Å². The minimum Gasteiger partial charge on any atom is -0.508 e. The normalized spacial score (nSPS) is 32.2. The fourth-order valence-electron chi connectivity index (χ4n) is 5.30. The van der Waals surface area contributed by atoms with Crippen molar-refractivity contribution in [3.63, 3.8) is 0 Å². The molecule has 5 N–H and O–H groups in total. The Morgan fingerprint density at radius 2 is 1.68 bits per heavy atom. The number of phenolic OH excluding ortho intramolecular Hbond substituents is 2. The molecule has 10 nitrogen and oxygen atoms in total. The molecule has 0 aromatic heterocycles. The Morgan fingerprint density at radius 1 is 1.00 bits per heavy atom. The lowest BCUT2D eigenvalue weighted by Gasteiger charge is -2.33. The van der Waals surface area contributed by atoms with Crippen LogP contribution in [-0.2, 0) is 23.7 Å². The van der Waals surface area contributed by atoms with E-state index < -0.39 is 24.2 Å². The summed E-state index contributed by atoms with van der Waals surface area (Å²) >= 11 is 0. The van der Waals surface area contributed by atoms with E-state index in [2.05, 4.69) is 5.32 Å². The predicted molar refractivity (Wildman–Crippen MR) is 153 cm³/mol. The van der Waals surface area contributed by atoms with E-state index in [0.29, 0.717) is 17.6 Å². The van der Waals surface area contributed by atoms with E-state index in [0.717, 1.165) is 5.57 Å². The maximum atomic E-state index is 12.9. The molecule has 1 aromatic carbocycles. The third-order valence-electron chi connectivity index (χ3n) is 7.33. The summed E-state index contributed by atoms with van der Waals surface area (Å²) in [5.41, 5.74) is 6.91. The van der Waals surface area contributed by atoms with E-state index in [1.165, 1.54) is 19.2 Å². The predicted octanol–water partition coefficient (Wildman–Crippen LogP) is 4.98. The summed E-state index contributed by atoms with van der Waals surface area (Å²) in [7, 11) is 4.73. The van der Waals surface area contributed by atoms with Gasteiger partial charge in [-0.1, -0.05) is 45.1 Å². The van der Waals surface area contributed by atoms with Crippen molar-refractivity contribution in [2.75, 3.05) is 26.6 Å².